The minimum absolute atomic E-state index is 0.171. The molecule has 2 rings (SSSR count). The largest absolute Gasteiger partial charge is 0.409 e. The summed E-state index contributed by atoms with van der Waals surface area (Å²) in [5.74, 6) is -0.569. The molecule has 1 heterocycles. The predicted molar refractivity (Wildman–Crippen MR) is 72.3 cm³/mol. The topological polar surface area (TPSA) is 48.3 Å². The molecule has 0 saturated carbocycles. The van der Waals surface area contributed by atoms with E-state index in [-0.39, 0.29) is 11.8 Å². The average Bonchev–Trinajstić information content (AvgIpc) is 2.61. The van der Waals surface area contributed by atoms with Crippen molar-refractivity contribution in [3.63, 3.8) is 0 Å². The molecule has 94 valence electrons. The van der Waals surface area contributed by atoms with Crippen LogP contribution in [0, 0.1) is 0 Å². The number of esters is 1. The number of carbonyl (C=O) groups excluding carboxylic acids is 2. The Hall–Kier alpha value is -1.33. The van der Waals surface area contributed by atoms with Crippen LogP contribution in [0.5, 0.6) is 5.88 Å². The van der Waals surface area contributed by atoms with Gasteiger partial charge >= 0.3 is 5.97 Å². The van der Waals surface area contributed by atoms with Crippen LogP contribution in [0.15, 0.2) is 22.7 Å². The summed E-state index contributed by atoms with van der Waals surface area (Å²) < 4.78 is 7.04. The molecule has 0 aliphatic rings. The Balaban J connectivity index is 2.78. The van der Waals surface area contributed by atoms with Crippen LogP contribution in [0.2, 0.25) is 5.02 Å². The Morgan fingerprint density at radius 3 is 2.56 bits per heavy atom. The molecule has 6 heteroatoms. The summed E-state index contributed by atoms with van der Waals surface area (Å²) in [6.07, 6.45) is 0. The quantitative estimate of drug-likeness (QED) is 0.750. The molecule has 0 bridgehead atoms. The van der Waals surface area contributed by atoms with Crippen LogP contribution in [-0.2, 0) is 4.79 Å². The number of nitrogens with zero attached hydrogens (tertiary/aromatic N) is 1. The highest BCUT2D eigenvalue weighted by Crippen LogP contribution is 2.35. The van der Waals surface area contributed by atoms with E-state index in [1.807, 2.05) is 0 Å². The fourth-order valence-corrected chi connectivity index (χ4v) is 2.30. The van der Waals surface area contributed by atoms with E-state index in [0.717, 1.165) is 0 Å². The normalized spacial score (nSPS) is 10.7. The lowest BCUT2D eigenvalue weighted by Crippen LogP contribution is -2.11. The second kappa shape index (κ2) is 4.74. The van der Waals surface area contributed by atoms with Crippen molar-refractivity contribution in [2.24, 2.45) is 0 Å². The van der Waals surface area contributed by atoms with Crippen molar-refractivity contribution in [2.45, 2.75) is 13.8 Å². The van der Waals surface area contributed by atoms with Gasteiger partial charge in [-0.05, 0) is 28.1 Å². The molecule has 0 radical (unpaired) electrons. The van der Waals surface area contributed by atoms with Gasteiger partial charge in [0, 0.05) is 29.8 Å². The van der Waals surface area contributed by atoms with E-state index >= 15 is 0 Å². The number of hydrogen-bond donors (Lipinski definition) is 0. The second-order valence-corrected chi connectivity index (χ2v) is 4.96. The van der Waals surface area contributed by atoms with Gasteiger partial charge < -0.3 is 4.74 Å². The zero-order chi connectivity index (χ0) is 13.4. The molecule has 0 N–H and O–H groups in total. The van der Waals surface area contributed by atoms with Gasteiger partial charge in [0.2, 0.25) is 11.8 Å². The first-order valence-corrected chi connectivity index (χ1v) is 6.27. The Labute approximate surface area is 117 Å². The highest BCUT2D eigenvalue weighted by Gasteiger charge is 2.17. The molecule has 0 aliphatic heterocycles. The van der Waals surface area contributed by atoms with E-state index in [0.29, 0.717) is 20.4 Å². The van der Waals surface area contributed by atoms with Crippen LogP contribution in [-0.4, -0.2) is 16.4 Å². The first kappa shape index (κ1) is 13.1. The summed E-state index contributed by atoms with van der Waals surface area (Å²) in [5.41, 5.74) is 0.604. The Morgan fingerprint density at radius 1 is 1.33 bits per heavy atom. The van der Waals surface area contributed by atoms with Crippen LogP contribution >= 0.6 is 27.5 Å². The van der Waals surface area contributed by atoms with Gasteiger partial charge in [-0.3, -0.25) is 14.2 Å². The number of ether oxygens (including phenoxy) is 1. The minimum atomic E-state index is -0.490. The number of hydrogen-bond acceptors (Lipinski definition) is 3. The monoisotopic (exact) mass is 329 g/mol. The maximum absolute atomic E-state index is 11.6. The molecule has 0 atom stereocenters. The molecule has 2 aromatic rings. The van der Waals surface area contributed by atoms with Crippen molar-refractivity contribution in [2.75, 3.05) is 0 Å². The van der Waals surface area contributed by atoms with Crippen molar-refractivity contribution in [1.29, 1.82) is 0 Å². The first-order valence-electron chi connectivity index (χ1n) is 5.10. The average molecular weight is 331 g/mol. The molecule has 0 unspecified atom stereocenters. The molecule has 0 fully saturated rings. The molecule has 18 heavy (non-hydrogen) atoms. The molecule has 1 aromatic heterocycles. The number of fused-ring (bicyclic) bond motifs is 1. The van der Waals surface area contributed by atoms with Gasteiger partial charge in [0.15, 0.2) is 0 Å². The van der Waals surface area contributed by atoms with Gasteiger partial charge in [-0.1, -0.05) is 11.6 Å². The van der Waals surface area contributed by atoms with E-state index < -0.39 is 5.97 Å². The zero-order valence-corrected chi connectivity index (χ0v) is 12.0. The SMILES string of the molecule is CC(=O)Oc1cc2c(Cl)c(Br)ccc2n1C(C)=O. The lowest BCUT2D eigenvalue weighted by atomic mass is 10.2. The van der Waals surface area contributed by atoms with E-state index in [1.54, 1.807) is 18.2 Å². The van der Waals surface area contributed by atoms with E-state index in [4.69, 9.17) is 16.3 Å². The fourth-order valence-electron chi connectivity index (χ4n) is 1.74. The Morgan fingerprint density at radius 2 is 2.00 bits per heavy atom. The minimum Gasteiger partial charge on any atom is -0.409 e. The van der Waals surface area contributed by atoms with Crippen molar-refractivity contribution in [3.05, 3.63) is 27.7 Å². The van der Waals surface area contributed by atoms with Crippen LogP contribution < -0.4 is 4.74 Å². The summed E-state index contributed by atoms with van der Waals surface area (Å²) in [5, 5.41) is 1.12. The zero-order valence-electron chi connectivity index (χ0n) is 9.66. The van der Waals surface area contributed by atoms with E-state index in [9.17, 15) is 9.59 Å². The Kier molecular flexibility index (Phi) is 3.45. The number of aromatic nitrogens is 1. The smallest absolute Gasteiger partial charge is 0.309 e. The van der Waals surface area contributed by atoms with Crippen molar-refractivity contribution < 1.29 is 14.3 Å². The van der Waals surface area contributed by atoms with Crippen LogP contribution in [0.25, 0.3) is 10.9 Å². The van der Waals surface area contributed by atoms with Gasteiger partial charge in [-0.15, -0.1) is 0 Å². The lowest BCUT2D eigenvalue weighted by Gasteiger charge is -2.05. The van der Waals surface area contributed by atoms with Crippen LogP contribution in [0.1, 0.15) is 18.6 Å². The van der Waals surface area contributed by atoms with E-state index in [1.165, 1.54) is 18.4 Å². The highest BCUT2D eigenvalue weighted by atomic mass is 79.9. The predicted octanol–water partition coefficient (Wildman–Crippen LogP) is 3.64. The molecular weight excluding hydrogens is 321 g/mol. The molecule has 0 saturated heterocycles. The number of benzene rings is 1. The maximum Gasteiger partial charge on any atom is 0.309 e. The van der Waals surface area contributed by atoms with Crippen molar-refractivity contribution in [1.82, 2.24) is 4.57 Å². The standard InChI is InChI=1S/C12H9BrClNO3/c1-6(16)15-10-4-3-9(13)12(14)8(10)5-11(15)18-7(2)17/h3-5H,1-2H3. The van der Waals surface area contributed by atoms with Gasteiger partial charge in [0.25, 0.3) is 0 Å². The molecule has 0 spiro atoms. The fraction of sp³-hybridized carbons (Fsp3) is 0.167. The first-order chi connectivity index (χ1) is 8.41. The Bertz CT molecular complexity index is 663. The molecule has 1 aromatic carbocycles. The summed E-state index contributed by atoms with van der Waals surface area (Å²) >= 11 is 9.44. The molecule has 4 nitrogen and oxygen atoms in total. The second-order valence-electron chi connectivity index (χ2n) is 3.72. The number of carbonyl (C=O) groups is 2. The third-order valence-electron chi connectivity index (χ3n) is 2.40. The summed E-state index contributed by atoms with van der Waals surface area (Å²) in [7, 11) is 0. The summed E-state index contributed by atoms with van der Waals surface area (Å²) in [6.45, 7) is 2.67. The van der Waals surface area contributed by atoms with Gasteiger partial charge in [0.1, 0.15) is 0 Å². The lowest BCUT2D eigenvalue weighted by molar-refractivity contribution is -0.132. The number of rotatable bonds is 1. The number of halogens is 2. The molecule has 0 amide bonds. The summed E-state index contributed by atoms with van der Waals surface area (Å²) in [4.78, 5) is 22.7. The highest BCUT2D eigenvalue weighted by molar-refractivity contribution is 9.10. The third-order valence-corrected chi connectivity index (χ3v) is 3.70. The van der Waals surface area contributed by atoms with Crippen molar-refractivity contribution >= 4 is 50.3 Å². The van der Waals surface area contributed by atoms with Crippen molar-refractivity contribution in [3.8, 4) is 5.88 Å². The molecule has 0 aliphatic carbocycles. The van der Waals surface area contributed by atoms with Crippen LogP contribution in [0.4, 0.5) is 0 Å². The summed E-state index contributed by atoms with van der Waals surface area (Å²) in [6, 6.07) is 5.05. The maximum atomic E-state index is 11.6. The molecular formula is C12H9BrClNO3. The van der Waals surface area contributed by atoms with E-state index in [2.05, 4.69) is 15.9 Å². The third kappa shape index (κ3) is 2.15. The van der Waals surface area contributed by atoms with Gasteiger partial charge in [-0.25, -0.2) is 0 Å². The van der Waals surface area contributed by atoms with Crippen LogP contribution in [0.3, 0.4) is 0 Å². The van der Waals surface area contributed by atoms with Gasteiger partial charge in [-0.2, -0.15) is 0 Å². The van der Waals surface area contributed by atoms with Gasteiger partial charge in [0.05, 0.1) is 10.5 Å².